The van der Waals surface area contributed by atoms with Crippen molar-refractivity contribution in [3.05, 3.63) is 29.1 Å². The molecule has 1 aromatic heterocycles. The normalized spacial score (nSPS) is 16.4. The molecule has 1 amide bonds. The number of carbonyl (C=O) groups is 2. The first-order valence-corrected chi connectivity index (χ1v) is 7.09. The minimum absolute atomic E-state index is 0.135. The number of amides is 1. The molecule has 1 aromatic rings. The average Bonchev–Trinajstić information content (AvgIpc) is 2.66. The van der Waals surface area contributed by atoms with Crippen LogP contribution in [0.5, 0.6) is 0 Å². The summed E-state index contributed by atoms with van der Waals surface area (Å²) in [5.41, 5.74) is 0.791. The summed E-state index contributed by atoms with van der Waals surface area (Å²) in [4.78, 5) is 27.1. The molecule has 5 nitrogen and oxygen atoms in total. The molecule has 0 radical (unpaired) electrons. The molecular formula is C15H20N2O3. The molecule has 1 fully saturated rings. The summed E-state index contributed by atoms with van der Waals surface area (Å²) in [5.74, 6) is -1.23. The topological polar surface area (TPSA) is 79.3 Å². The van der Waals surface area contributed by atoms with Gasteiger partial charge >= 0.3 is 5.97 Å². The van der Waals surface area contributed by atoms with Crippen LogP contribution < -0.4 is 5.32 Å². The van der Waals surface area contributed by atoms with E-state index in [2.05, 4.69) is 10.3 Å². The van der Waals surface area contributed by atoms with Crippen LogP contribution in [0.15, 0.2) is 12.1 Å². The van der Waals surface area contributed by atoms with Gasteiger partial charge in [0, 0.05) is 6.04 Å². The van der Waals surface area contributed by atoms with Crippen molar-refractivity contribution in [3.63, 3.8) is 0 Å². The molecule has 0 atom stereocenters. The maximum Gasteiger partial charge on any atom is 0.337 e. The molecule has 108 valence electrons. The van der Waals surface area contributed by atoms with Gasteiger partial charge in [-0.1, -0.05) is 25.7 Å². The van der Waals surface area contributed by atoms with Crippen LogP contribution >= 0.6 is 0 Å². The lowest BCUT2D eigenvalue weighted by Gasteiger charge is -2.16. The van der Waals surface area contributed by atoms with Gasteiger partial charge in [0.25, 0.3) is 5.91 Å². The molecule has 0 aliphatic heterocycles. The summed E-state index contributed by atoms with van der Waals surface area (Å²) >= 11 is 0. The summed E-state index contributed by atoms with van der Waals surface area (Å²) in [6.07, 6.45) is 6.79. The first-order valence-electron chi connectivity index (χ1n) is 7.09. The van der Waals surface area contributed by atoms with Crippen molar-refractivity contribution in [2.45, 2.75) is 51.5 Å². The molecule has 0 saturated heterocycles. The number of carbonyl (C=O) groups excluding carboxylic acids is 1. The van der Waals surface area contributed by atoms with Crippen molar-refractivity contribution in [2.75, 3.05) is 0 Å². The van der Waals surface area contributed by atoms with E-state index in [1.165, 1.54) is 25.0 Å². The second-order valence-electron chi connectivity index (χ2n) is 5.30. The molecule has 1 aliphatic carbocycles. The molecule has 1 heterocycles. The molecule has 1 aliphatic rings. The zero-order chi connectivity index (χ0) is 14.5. The summed E-state index contributed by atoms with van der Waals surface area (Å²) in [5, 5.41) is 11.9. The van der Waals surface area contributed by atoms with Gasteiger partial charge in [-0.15, -0.1) is 0 Å². The van der Waals surface area contributed by atoms with Gasteiger partial charge in [-0.2, -0.15) is 0 Å². The fourth-order valence-electron chi connectivity index (χ4n) is 2.60. The highest BCUT2D eigenvalue weighted by Gasteiger charge is 2.18. The van der Waals surface area contributed by atoms with Gasteiger partial charge in [0.15, 0.2) is 0 Å². The zero-order valence-electron chi connectivity index (χ0n) is 11.7. The van der Waals surface area contributed by atoms with Crippen molar-refractivity contribution in [1.29, 1.82) is 0 Å². The lowest BCUT2D eigenvalue weighted by Crippen LogP contribution is -2.35. The number of aryl methyl sites for hydroxylation is 1. The van der Waals surface area contributed by atoms with E-state index in [4.69, 9.17) is 5.11 Å². The van der Waals surface area contributed by atoms with Crippen LogP contribution in [0.2, 0.25) is 0 Å². The zero-order valence-corrected chi connectivity index (χ0v) is 11.7. The Morgan fingerprint density at radius 1 is 1.20 bits per heavy atom. The number of pyridine rings is 1. The third kappa shape index (κ3) is 3.56. The summed E-state index contributed by atoms with van der Waals surface area (Å²) < 4.78 is 0. The van der Waals surface area contributed by atoms with Crippen molar-refractivity contribution in [1.82, 2.24) is 10.3 Å². The van der Waals surface area contributed by atoms with E-state index >= 15 is 0 Å². The van der Waals surface area contributed by atoms with E-state index in [0.29, 0.717) is 5.69 Å². The van der Waals surface area contributed by atoms with Crippen LogP contribution in [0.3, 0.4) is 0 Å². The SMILES string of the molecule is Cc1nc(C(=O)NC2CCCCCC2)ccc1C(=O)O. The number of aromatic nitrogens is 1. The van der Waals surface area contributed by atoms with E-state index in [1.54, 1.807) is 6.92 Å². The number of carboxylic acid groups (broad SMARTS) is 1. The number of nitrogens with one attached hydrogen (secondary N) is 1. The van der Waals surface area contributed by atoms with Crippen molar-refractivity contribution >= 4 is 11.9 Å². The van der Waals surface area contributed by atoms with Gasteiger partial charge in [0.05, 0.1) is 11.3 Å². The Labute approximate surface area is 118 Å². The van der Waals surface area contributed by atoms with Gasteiger partial charge in [-0.3, -0.25) is 4.79 Å². The number of hydrogen-bond donors (Lipinski definition) is 2. The first kappa shape index (κ1) is 14.5. The summed E-state index contributed by atoms with van der Waals surface area (Å²) in [7, 11) is 0. The van der Waals surface area contributed by atoms with E-state index in [0.717, 1.165) is 25.7 Å². The van der Waals surface area contributed by atoms with Crippen LogP contribution in [0.25, 0.3) is 0 Å². The lowest BCUT2D eigenvalue weighted by atomic mass is 10.1. The molecule has 0 aromatic carbocycles. The Bertz CT molecular complexity index is 506. The van der Waals surface area contributed by atoms with Crippen LogP contribution in [-0.2, 0) is 0 Å². The maximum atomic E-state index is 12.1. The van der Waals surface area contributed by atoms with E-state index in [-0.39, 0.29) is 23.2 Å². The van der Waals surface area contributed by atoms with Gasteiger partial charge < -0.3 is 10.4 Å². The van der Waals surface area contributed by atoms with E-state index in [9.17, 15) is 9.59 Å². The molecule has 20 heavy (non-hydrogen) atoms. The Hall–Kier alpha value is -1.91. The molecular weight excluding hydrogens is 256 g/mol. The lowest BCUT2D eigenvalue weighted by molar-refractivity contribution is 0.0694. The molecule has 5 heteroatoms. The average molecular weight is 276 g/mol. The Morgan fingerprint density at radius 2 is 1.85 bits per heavy atom. The Morgan fingerprint density at radius 3 is 2.40 bits per heavy atom. The van der Waals surface area contributed by atoms with E-state index in [1.807, 2.05) is 0 Å². The van der Waals surface area contributed by atoms with Crippen LogP contribution in [0.1, 0.15) is 65.1 Å². The van der Waals surface area contributed by atoms with Crippen molar-refractivity contribution in [3.8, 4) is 0 Å². The predicted molar refractivity (Wildman–Crippen MR) is 74.9 cm³/mol. The van der Waals surface area contributed by atoms with Crippen molar-refractivity contribution < 1.29 is 14.7 Å². The molecule has 2 rings (SSSR count). The molecule has 0 spiro atoms. The van der Waals surface area contributed by atoms with Crippen molar-refractivity contribution in [2.24, 2.45) is 0 Å². The van der Waals surface area contributed by atoms with E-state index < -0.39 is 5.97 Å². The highest BCUT2D eigenvalue weighted by atomic mass is 16.4. The van der Waals surface area contributed by atoms with Gasteiger partial charge in [0.2, 0.25) is 0 Å². The highest BCUT2D eigenvalue weighted by Crippen LogP contribution is 2.17. The fraction of sp³-hybridized carbons (Fsp3) is 0.533. The minimum Gasteiger partial charge on any atom is -0.478 e. The number of rotatable bonds is 3. The number of aromatic carboxylic acids is 1. The second kappa shape index (κ2) is 6.50. The molecule has 0 unspecified atom stereocenters. The smallest absolute Gasteiger partial charge is 0.337 e. The first-order chi connectivity index (χ1) is 9.58. The Balaban J connectivity index is 2.05. The summed E-state index contributed by atoms with van der Waals surface area (Å²) in [6.45, 7) is 1.60. The second-order valence-corrected chi connectivity index (χ2v) is 5.30. The number of carboxylic acids is 1. The fourth-order valence-corrected chi connectivity index (χ4v) is 2.60. The third-order valence-corrected chi connectivity index (χ3v) is 3.74. The molecule has 1 saturated carbocycles. The van der Waals surface area contributed by atoms with Crippen LogP contribution in [0.4, 0.5) is 0 Å². The third-order valence-electron chi connectivity index (χ3n) is 3.74. The van der Waals surface area contributed by atoms with Crippen LogP contribution in [0, 0.1) is 6.92 Å². The predicted octanol–water partition coefficient (Wildman–Crippen LogP) is 2.54. The number of hydrogen-bond acceptors (Lipinski definition) is 3. The Kier molecular flexibility index (Phi) is 4.71. The minimum atomic E-state index is -1.02. The monoisotopic (exact) mass is 276 g/mol. The maximum absolute atomic E-state index is 12.1. The van der Waals surface area contributed by atoms with Gasteiger partial charge in [0.1, 0.15) is 5.69 Å². The quantitative estimate of drug-likeness (QED) is 0.831. The highest BCUT2D eigenvalue weighted by molar-refractivity contribution is 5.94. The van der Waals surface area contributed by atoms with Crippen LogP contribution in [-0.4, -0.2) is 28.0 Å². The summed E-state index contributed by atoms with van der Waals surface area (Å²) in [6, 6.07) is 3.13. The molecule has 0 bridgehead atoms. The van der Waals surface area contributed by atoms with Gasteiger partial charge in [-0.05, 0) is 31.9 Å². The number of nitrogens with zero attached hydrogens (tertiary/aromatic N) is 1. The molecule has 2 N–H and O–H groups in total. The van der Waals surface area contributed by atoms with Gasteiger partial charge in [-0.25, -0.2) is 9.78 Å². The largest absolute Gasteiger partial charge is 0.478 e. The standard InChI is InChI=1S/C15H20N2O3/c1-10-12(15(19)20)8-9-13(16-10)14(18)17-11-6-4-2-3-5-7-11/h8-9,11H,2-7H2,1H3,(H,17,18)(H,19,20).